The second kappa shape index (κ2) is 17.5. The second-order valence-electron chi connectivity index (χ2n) is 14.2. The Morgan fingerprint density at radius 2 is 1.42 bits per heavy atom. The Balaban J connectivity index is 1.02. The van der Waals surface area contributed by atoms with Crippen molar-refractivity contribution in [1.82, 2.24) is 21.3 Å². The summed E-state index contributed by atoms with van der Waals surface area (Å²) in [6.45, 7) is 4.07. The standard InChI is InChI=1S/C41H44N7O10P/c1-26(49)55-33-13-15-37-30(19-33)23-47-35(36(22-42-3)48-24-31-20-34(56-27(2)50)14-16-38(31)58-41(47,48)57-37)17-18-43-25-45-40(51)46-32-11-9-29(10-12-32)39(59(52,53)54)44-21-28-7-5-4-6-8-28/h4-16,19-20,23-24,35-36,39,42-44H,17-18,21-22,25H2,1-3H3,(H2-2,45,46,51,52,53,54)/p+2. The van der Waals surface area contributed by atoms with Crippen LogP contribution < -0.4 is 45.5 Å². The van der Waals surface area contributed by atoms with Gasteiger partial charge in [-0.15, -0.1) is 0 Å². The minimum Gasteiger partial charge on any atom is -0.427 e. The average Bonchev–Trinajstić information content (AvgIpc) is 3.43. The Hall–Kier alpha value is -5.94. The maximum Gasteiger partial charge on any atom is 0.704 e. The van der Waals surface area contributed by atoms with Crippen LogP contribution in [0.15, 0.2) is 91.0 Å². The molecule has 3 aliphatic heterocycles. The van der Waals surface area contributed by atoms with Crippen molar-refractivity contribution in [3.05, 3.63) is 113 Å². The Kier molecular flexibility index (Phi) is 12.2. The number of esters is 2. The van der Waals surface area contributed by atoms with Gasteiger partial charge in [-0.05, 0) is 66.7 Å². The van der Waals surface area contributed by atoms with Gasteiger partial charge in [0.15, 0.2) is 23.9 Å². The topological polar surface area (TPSA) is 212 Å². The van der Waals surface area contributed by atoms with Gasteiger partial charge in [0.25, 0.3) is 0 Å². The lowest BCUT2D eigenvalue weighted by atomic mass is 10.0. The van der Waals surface area contributed by atoms with Crippen LogP contribution in [0.2, 0.25) is 0 Å². The van der Waals surface area contributed by atoms with Crippen LogP contribution in [0, 0.1) is 0 Å². The minimum absolute atomic E-state index is 0.133. The first-order valence-electron chi connectivity index (χ1n) is 19.0. The van der Waals surface area contributed by atoms with Crippen molar-refractivity contribution in [3.63, 3.8) is 0 Å². The van der Waals surface area contributed by atoms with Crippen molar-refractivity contribution >= 4 is 43.7 Å². The summed E-state index contributed by atoms with van der Waals surface area (Å²) in [6.07, 6.45) is 4.44. The van der Waals surface area contributed by atoms with Gasteiger partial charge in [0.1, 0.15) is 17.3 Å². The van der Waals surface area contributed by atoms with Gasteiger partial charge in [-0.1, -0.05) is 51.6 Å². The fourth-order valence-electron chi connectivity index (χ4n) is 7.42. The van der Waals surface area contributed by atoms with Gasteiger partial charge in [-0.2, -0.15) is 0 Å². The van der Waals surface area contributed by atoms with Gasteiger partial charge in [0, 0.05) is 39.0 Å². The van der Waals surface area contributed by atoms with Crippen LogP contribution >= 0.6 is 7.60 Å². The maximum atomic E-state index is 12.8. The Morgan fingerprint density at radius 1 is 0.831 bits per heavy atom. The molecule has 4 unspecified atom stereocenters. The smallest absolute Gasteiger partial charge is 0.427 e. The molecule has 0 radical (unpaired) electrons. The monoisotopic (exact) mass is 827 g/mol. The molecule has 17 nitrogen and oxygen atoms in total. The molecule has 4 aromatic carbocycles. The van der Waals surface area contributed by atoms with Crippen molar-refractivity contribution < 1.29 is 56.8 Å². The third-order valence-electron chi connectivity index (χ3n) is 9.91. The first-order chi connectivity index (χ1) is 28.3. The molecular formula is C41H46N7O10P+2. The van der Waals surface area contributed by atoms with Gasteiger partial charge in [0.05, 0.1) is 24.3 Å². The molecule has 4 atom stereocenters. The third-order valence-corrected chi connectivity index (χ3v) is 11.1. The third kappa shape index (κ3) is 9.36. The second-order valence-corrected chi connectivity index (χ2v) is 15.9. The van der Waals surface area contributed by atoms with Crippen LogP contribution in [0.1, 0.15) is 48.3 Å². The van der Waals surface area contributed by atoms with E-state index in [2.05, 4.69) is 26.6 Å². The summed E-state index contributed by atoms with van der Waals surface area (Å²) in [6, 6.07) is 23.5. The lowest BCUT2D eigenvalue weighted by Gasteiger charge is -2.27. The highest BCUT2D eigenvalue weighted by Gasteiger charge is 2.76. The Morgan fingerprint density at radius 3 is 1.98 bits per heavy atom. The van der Waals surface area contributed by atoms with Crippen LogP contribution in [-0.4, -0.2) is 94.3 Å². The molecule has 18 heteroatoms. The van der Waals surface area contributed by atoms with E-state index in [0.29, 0.717) is 64.9 Å². The number of nitrogens with zero attached hydrogens (tertiary/aromatic N) is 2. The van der Waals surface area contributed by atoms with Gasteiger partial charge >= 0.3 is 31.6 Å². The Labute approximate surface area is 340 Å². The first kappa shape index (κ1) is 41.2. The van der Waals surface area contributed by atoms with Crippen molar-refractivity contribution in [1.29, 1.82) is 0 Å². The van der Waals surface area contributed by atoms with E-state index in [1.807, 2.05) is 59.0 Å². The molecule has 59 heavy (non-hydrogen) atoms. The minimum atomic E-state index is -4.55. The van der Waals surface area contributed by atoms with Gasteiger partial charge in [0.2, 0.25) is 12.1 Å². The summed E-state index contributed by atoms with van der Waals surface area (Å²) in [5.74, 6) is -0.328. The Bertz CT molecular complexity index is 2330. The fraction of sp³-hybridized carbons (Fsp3) is 0.293. The number of benzene rings is 4. The number of amides is 2. The molecule has 308 valence electrons. The predicted octanol–water partition coefficient (Wildman–Crippen LogP) is 3.19. The largest absolute Gasteiger partial charge is 0.704 e. The summed E-state index contributed by atoms with van der Waals surface area (Å²) in [5, 5.41) is 15.1. The van der Waals surface area contributed by atoms with Crippen LogP contribution in [0.5, 0.6) is 23.0 Å². The van der Waals surface area contributed by atoms with Gasteiger partial charge < -0.3 is 44.7 Å². The van der Waals surface area contributed by atoms with E-state index >= 15 is 0 Å². The van der Waals surface area contributed by atoms with E-state index in [0.717, 1.165) is 5.56 Å². The normalized spacial score (nSPS) is 19.2. The highest BCUT2D eigenvalue weighted by atomic mass is 31.2. The van der Waals surface area contributed by atoms with Crippen LogP contribution in [0.25, 0.3) is 0 Å². The number of rotatable bonds is 15. The zero-order chi connectivity index (χ0) is 41.7. The van der Waals surface area contributed by atoms with Gasteiger partial charge in [-0.3, -0.25) is 24.8 Å². The highest BCUT2D eigenvalue weighted by molar-refractivity contribution is 7.52. The average molecular weight is 828 g/mol. The molecule has 0 saturated carbocycles. The van der Waals surface area contributed by atoms with E-state index in [4.69, 9.17) is 18.9 Å². The quantitative estimate of drug-likeness (QED) is 0.0230. The maximum absolute atomic E-state index is 12.8. The molecule has 1 fully saturated rings. The van der Waals surface area contributed by atoms with Crippen molar-refractivity contribution in [2.75, 3.05) is 32.1 Å². The molecule has 3 heterocycles. The SMILES string of the molecule is CNCC1C(CCNCNC(=O)Nc2ccc(C(NCc3ccccc3)P(=O)(O)O)cc2)[N+]2=Cc3cc(OC(C)=O)ccc3OC23Oc2ccc(OC(C)=O)cc2C=[N+]13. The molecule has 1 saturated heterocycles. The summed E-state index contributed by atoms with van der Waals surface area (Å²) >= 11 is 0. The number of fused-ring (bicyclic) bond motifs is 2. The highest BCUT2D eigenvalue weighted by Crippen LogP contribution is 2.50. The molecule has 7 N–H and O–H groups in total. The number of carbonyl (C=O) groups excluding carboxylic acids is 3. The van der Waals surface area contributed by atoms with Crippen LogP contribution in [0.3, 0.4) is 0 Å². The van der Waals surface area contributed by atoms with Crippen molar-refractivity contribution in [2.45, 2.75) is 50.7 Å². The summed E-state index contributed by atoms with van der Waals surface area (Å²) in [5.41, 5.74) is 3.08. The number of carbonyl (C=O) groups is 3. The zero-order valence-corrected chi connectivity index (χ0v) is 33.5. The molecule has 2 amide bonds. The zero-order valence-electron chi connectivity index (χ0n) is 32.6. The summed E-state index contributed by atoms with van der Waals surface area (Å²) in [7, 11) is -2.69. The molecular weight excluding hydrogens is 781 g/mol. The molecule has 0 bridgehead atoms. The molecule has 0 aliphatic carbocycles. The van der Waals surface area contributed by atoms with Crippen LogP contribution in [0.4, 0.5) is 10.5 Å². The summed E-state index contributed by atoms with van der Waals surface area (Å²) in [4.78, 5) is 56.4. The number of anilines is 1. The van der Waals surface area contributed by atoms with Crippen LogP contribution in [-0.2, 0) is 20.7 Å². The van der Waals surface area contributed by atoms with Crippen molar-refractivity contribution in [2.24, 2.45) is 0 Å². The molecule has 7 rings (SSSR count). The molecule has 4 aromatic rings. The number of hydrogen-bond donors (Lipinski definition) is 7. The molecule has 1 spiro atoms. The number of likely N-dealkylation sites (N-methyl/N-ethyl adjacent to an activating group) is 1. The lowest BCUT2D eigenvalue weighted by Crippen LogP contribution is -2.60. The van der Waals surface area contributed by atoms with E-state index in [1.165, 1.54) is 13.8 Å². The lowest BCUT2D eigenvalue weighted by molar-refractivity contribution is -0.865. The number of ether oxygens (including phenoxy) is 4. The van der Waals surface area contributed by atoms with E-state index in [9.17, 15) is 28.7 Å². The number of nitrogens with one attached hydrogen (secondary N) is 5. The van der Waals surface area contributed by atoms with E-state index < -0.39 is 37.4 Å². The number of urea groups is 1. The first-order valence-corrected chi connectivity index (χ1v) is 20.6. The summed E-state index contributed by atoms with van der Waals surface area (Å²) < 4.78 is 40.5. The van der Waals surface area contributed by atoms with Crippen molar-refractivity contribution in [3.8, 4) is 23.0 Å². The van der Waals surface area contributed by atoms with E-state index in [-0.39, 0.29) is 25.3 Å². The fourth-order valence-corrected chi connectivity index (χ4v) is 8.31. The number of hydrogen-bond acceptors (Lipinski definition) is 11. The van der Waals surface area contributed by atoms with Gasteiger partial charge in [-0.25, -0.2) is 4.79 Å². The molecule has 0 aromatic heterocycles. The van der Waals surface area contributed by atoms with E-state index in [1.54, 1.807) is 60.7 Å². The predicted molar refractivity (Wildman–Crippen MR) is 216 cm³/mol. The molecule has 3 aliphatic rings.